The summed E-state index contributed by atoms with van der Waals surface area (Å²) in [4.78, 5) is 11.3. The fourth-order valence-electron chi connectivity index (χ4n) is 6.44. The first-order valence-electron chi connectivity index (χ1n) is 13.5. The van der Waals surface area contributed by atoms with E-state index in [1.807, 2.05) is 18.2 Å². The number of fused-ring (bicyclic) bond motifs is 3. The predicted octanol–water partition coefficient (Wildman–Crippen LogP) is 9.69. The van der Waals surface area contributed by atoms with E-state index in [9.17, 15) is 4.79 Å². The number of hydrogen-bond donors (Lipinski definition) is 0. The van der Waals surface area contributed by atoms with Gasteiger partial charge < -0.3 is 0 Å². The highest BCUT2D eigenvalue weighted by Gasteiger charge is 2.26. The molecule has 2 aliphatic carbocycles. The minimum Gasteiger partial charge on any atom is -0.298 e. The van der Waals surface area contributed by atoms with Crippen LogP contribution < -0.4 is 0 Å². The zero-order chi connectivity index (χ0) is 25.5. The van der Waals surface area contributed by atoms with E-state index >= 15 is 0 Å². The first kappa shape index (κ1) is 22.7. The lowest BCUT2D eigenvalue weighted by atomic mass is 9.75. The van der Waals surface area contributed by atoms with E-state index in [2.05, 4.69) is 109 Å². The third kappa shape index (κ3) is 3.83. The molecule has 0 saturated heterocycles. The quantitative estimate of drug-likeness (QED) is 0.182. The SMILES string of the molecule is O=Cc1cccc(-c2ccc(-c3c4ccccc4c(C4C=C5C=CC=CC5CC4)c4ccccc34)cc2)c1. The number of aldehydes is 1. The average molecular weight is 489 g/mol. The largest absolute Gasteiger partial charge is 0.298 e. The molecule has 0 aliphatic heterocycles. The Kier molecular flexibility index (Phi) is 5.63. The van der Waals surface area contributed by atoms with E-state index < -0.39 is 0 Å². The number of allylic oxidation sites excluding steroid dienone is 6. The van der Waals surface area contributed by atoms with Crippen LogP contribution in [0.2, 0.25) is 0 Å². The van der Waals surface area contributed by atoms with Gasteiger partial charge in [0, 0.05) is 17.4 Å². The second-order valence-electron chi connectivity index (χ2n) is 10.4. The van der Waals surface area contributed by atoms with Gasteiger partial charge in [0.1, 0.15) is 6.29 Å². The molecule has 0 amide bonds. The Bertz CT molecular complexity index is 1720. The van der Waals surface area contributed by atoms with Crippen molar-refractivity contribution in [1.82, 2.24) is 0 Å². The van der Waals surface area contributed by atoms with Crippen molar-refractivity contribution in [1.29, 1.82) is 0 Å². The minimum atomic E-state index is 0.397. The molecule has 0 heterocycles. The maximum Gasteiger partial charge on any atom is 0.150 e. The molecule has 7 rings (SSSR count). The van der Waals surface area contributed by atoms with Crippen molar-refractivity contribution in [3.8, 4) is 22.3 Å². The van der Waals surface area contributed by atoms with Gasteiger partial charge in [-0.05, 0) is 73.8 Å². The molecule has 0 spiro atoms. The van der Waals surface area contributed by atoms with Gasteiger partial charge in [-0.3, -0.25) is 4.79 Å². The minimum absolute atomic E-state index is 0.397. The highest BCUT2D eigenvalue weighted by molar-refractivity contribution is 6.15. The van der Waals surface area contributed by atoms with Gasteiger partial charge in [0.05, 0.1) is 0 Å². The van der Waals surface area contributed by atoms with Gasteiger partial charge in [0.15, 0.2) is 0 Å². The van der Waals surface area contributed by atoms with Crippen LogP contribution in [0.25, 0.3) is 43.8 Å². The summed E-state index contributed by atoms with van der Waals surface area (Å²) in [7, 11) is 0. The van der Waals surface area contributed by atoms with Gasteiger partial charge in [-0.25, -0.2) is 0 Å². The Morgan fingerprint density at radius 3 is 1.97 bits per heavy atom. The molecule has 0 saturated carbocycles. The Labute approximate surface area is 223 Å². The summed E-state index contributed by atoms with van der Waals surface area (Å²) in [6, 6.07) is 34.4. The molecule has 2 atom stereocenters. The maximum absolute atomic E-state index is 11.3. The Hall–Kier alpha value is -4.49. The van der Waals surface area contributed by atoms with Gasteiger partial charge in [-0.1, -0.05) is 121 Å². The zero-order valence-corrected chi connectivity index (χ0v) is 21.2. The fraction of sp³-hybridized carbons (Fsp3) is 0.108. The van der Waals surface area contributed by atoms with Crippen LogP contribution in [-0.2, 0) is 0 Å². The van der Waals surface area contributed by atoms with Gasteiger partial charge in [-0.2, -0.15) is 0 Å². The van der Waals surface area contributed by atoms with Crippen LogP contribution in [0.15, 0.2) is 133 Å². The smallest absolute Gasteiger partial charge is 0.150 e. The highest BCUT2D eigenvalue weighted by Crippen LogP contribution is 2.46. The third-order valence-corrected chi connectivity index (χ3v) is 8.23. The topological polar surface area (TPSA) is 17.1 Å². The van der Waals surface area contributed by atoms with Crippen molar-refractivity contribution < 1.29 is 4.79 Å². The van der Waals surface area contributed by atoms with Gasteiger partial charge in [0.25, 0.3) is 0 Å². The summed E-state index contributed by atoms with van der Waals surface area (Å²) in [5.74, 6) is 0.951. The summed E-state index contributed by atoms with van der Waals surface area (Å²) in [5.41, 5.74) is 8.27. The van der Waals surface area contributed by atoms with Crippen molar-refractivity contribution >= 4 is 27.8 Å². The van der Waals surface area contributed by atoms with E-state index in [4.69, 9.17) is 0 Å². The molecule has 2 unspecified atom stereocenters. The van der Waals surface area contributed by atoms with E-state index in [0.717, 1.165) is 23.8 Å². The lowest BCUT2D eigenvalue weighted by Crippen LogP contribution is -2.13. The van der Waals surface area contributed by atoms with E-state index in [-0.39, 0.29) is 0 Å². The third-order valence-electron chi connectivity index (χ3n) is 8.23. The number of carbonyl (C=O) groups excluding carboxylic acids is 1. The van der Waals surface area contributed by atoms with Crippen LogP contribution in [0, 0.1) is 5.92 Å². The maximum atomic E-state index is 11.3. The summed E-state index contributed by atoms with van der Waals surface area (Å²) < 4.78 is 0. The van der Waals surface area contributed by atoms with Gasteiger partial charge >= 0.3 is 0 Å². The molecule has 0 radical (unpaired) electrons. The van der Waals surface area contributed by atoms with Crippen molar-refractivity contribution in [2.75, 3.05) is 0 Å². The summed E-state index contributed by atoms with van der Waals surface area (Å²) in [5, 5.41) is 5.30. The van der Waals surface area contributed by atoms with Crippen molar-refractivity contribution in [3.05, 3.63) is 144 Å². The molecule has 5 aromatic carbocycles. The normalized spacial score (nSPS) is 18.4. The van der Waals surface area contributed by atoms with Crippen molar-refractivity contribution in [2.24, 2.45) is 5.92 Å². The molecule has 0 aromatic heterocycles. The standard InChI is InChI=1S/C37H28O/c38-24-25-8-7-11-29(22-25)27-16-19-28(20-17-27)36-32-12-3-5-14-34(32)37(35-15-6-4-13-33(35)36)31-21-18-26-9-1-2-10-30(26)23-31/h1-17,19-20,22-24,26,31H,18,21H2. The predicted molar refractivity (Wildman–Crippen MR) is 160 cm³/mol. The van der Waals surface area contributed by atoms with Crippen molar-refractivity contribution in [2.45, 2.75) is 18.8 Å². The lowest BCUT2D eigenvalue weighted by Gasteiger charge is -2.29. The number of hydrogen-bond acceptors (Lipinski definition) is 1. The first-order valence-corrected chi connectivity index (χ1v) is 13.5. The molecular weight excluding hydrogens is 460 g/mol. The lowest BCUT2D eigenvalue weighted by molar-refractivity contribution is 0.112. The van der Waals surface area contributed by atoms with Crippen molar-refractivity contribution in [3.63, 3.8) is 0 Å². The van der Waals surface area contributed by atoms with Crippen LogP contribution in [-0.4, -0.2) is 6.29 Å². The summed E-state index contributed by atoms with van der Waals surface area (Å²) in [6.07, 6.45) is 14.8. The van der Waals surface area contributed by atoms with E-state index in [1.54, 1.807) is 0 Å². The molecule has 5 aromatic rings. The molecular formula is C37H28O. The van der Waals surface area contributed by atoms with Crippen LogP contribution in [0.3, 0.4) is 0 Å². The zero-order valence-electron chi connectivity index (χ0n) is 21.2. The second kappa shape index (κ2) is 9.43. The molecule has 2 aliphatic rings. The van der Waals surface area contributed by atoms with Gasteiger partial charge in [-0.15, -0.1) is 0 Å². The van der Waals surface area contributed by atoms with Crippen LogP contribution in [0.1, 0.15) is 34.7 Å². The summed E-state index contributed by atoms with van der Waals surface area (Å²) >= 11 is 0. The molecule has 1 heteroatoms. The highest BCUT2D eigenvalue weighted by atomic mass is 16.1. The van der Waals surface area contributed by atoms with Crippen LogP contribution in [0.4, 0.5) is 0 Å². The summed E-state index contributed by atoms with van der Waals surface area (Å²) in [6.45, 7) is 0. The van der Waals surface area contributed by atoms with E-state index in [0.29, 0.717) is 17.4 Å². The number of benzene rings is 5. The first-order chi connectivity index (χ1) is 18.8. The molecule has 182 valence electrons. The molecule has 0 fully saturated rings. The Morgan fingerprint density at radius 2 is 1.26 bits per heavy atom. The number of rotatable bonds is 4. The molecule has 38 heavy (non-hydrogen) atoms. The van der Waals surface area contributed by atoms with E-state index in [1.165, 1.54) is 50.2 Å². The fourth-order valence-corrected chi connectivity index (χ4v) is 6.44. The second-order valence-corrected chi connectivity index (χ2v) is 10.4. The van der Waals surface area contributed by atoms with Crippen LogP contribution in [0.5, 0.6) is 0 Å². The average Bonchev–Trinajstić information content (AvgIpc) is 2.99. The Morgan fingerprint density at radius 1 is 0.605 bits per heavy atom. The molecule has 1 nitrogen and oxygen atoms in total. The molecule has 0 N–H and O–H groups in total. The Balaban J connectivity index is 1.41. The van der Waals surface area contributed by atoms with Gasteiger partial charge in [0.2, 0.25) is 0 Å². The van der Waals surface area contributed by atoms with Crippen LogP contribution >= 0.6 is 0 Å². The molecule has 0 bridgehead atoms. The number of carbonyl (C=O) groups is 1. The monoisotopic (exact) mass is 488 g/mol.